The van der Waals surface area contributed by atoms with Crippen LogP contribution in [0.4, 0.5) is 0 Å². The van der Waals surface area contributed by atoms with E-state index < -0.39 is 0 Å². The molecule has 0 saturated heterocycles. The number of benzene rings is 2. The first-order valence-corrected chi connectivity index (χ1v) is 8.00. The molecule has 3 heteroatoms. The number of unbranched alkanes of at least 4 members (excludes halogenated alkanes) is 2. The zero-order valence-corrected chi connectivity index (χ0v) is 13.0. The Labute approximate surface area is 135 Å². The van der Waals surface area contributed by atoms with Crippen LogP contribution in [0.25, 0.3) is 10.8 Å². The van der Waals surface area contributed by atoms with Crippen LogP contribution in [0.2, 0.25) is 0 Å². The molecule has 0 unspecified atom stereocenters. The first-order chi connectivity index (χ1) is 11.4. The second kappa shape index (κ2) is 7.63. The number of aldehydes is 1. The molecule has 0 bridgehead atoms. The van der Waals surface area contributed by atoms with Crippen LogP contribution >= 0.6 is 0 Å². The Hall–Kier alpha value is -2.55. The molecule has 0 aliphatic heterocycles. The summed E-state index contributed by atoms with van der Waals surface area (Å²) in [5, 5.41) is 2.43. The number of hydrogen-bond acceptors (Lipinski definition) is 3. The molecule has 0 saturated carbocycles. The van der Waals surface area contributed by atoms with Gasteiger partial charge in [-0.25, -0.2) is 0 Å². The lowest BCUT2D eigenvalue weighted by atomic mass is 10.1. The van der Waals surface area contributed by atoms with Crippen molar-refractivity contribution in [1.29, 1.82) is 0 Å². The van der Waals surface area contributed by atoms with E-state index in [1.807, 2.05) is 24.3 Å². The van der Waals surface area contributed by atoms with Gasteiger partial charge in [-0.2, -0.15) is 0 Å². The lowest BCUT2D eigenvalue weighted by Crippen LogP contribution is -1.98. The average molecular weight is 308 g/mol. The van der Waals surface area contributed by atoms with Crippen molar-refractivity contribution in [3.8, 4) is 5.75 Å². The van der Waals surface area contributed by atoms with Crippen LogP contribution < -0.4 is 4.74 Å². The van der Waals surface area contributed by atoms with E-state index in [2.05, 4.69) is 24.3 Å². The number of ether oxygens (including phenoxy) is 1. The molecule has 118 valence electrons. The standard InChI is InChI=1S/C20H20O3/c21-15-20-17(11-13-23-20)7-2-1-5-12-22-19-10-9-16-6-3-4-8-18(16)14-19/h3-4,6,8-11,13-15H,1-2,5,7,12H2. The minimum absolute atomic E-state index is 0.456. The van der Waals surface area contributed by atoms with E-state index in [1.54, 1.807) is 6.26 Å². The average Bonchev–Trinajstić information content (AvgIpc) is 3.05. The summed E-state index contributed by atoms with van der Waals surface area (Å²) >= 11 is 0. The van der Waals surface area contributed by atoms with Gasteiger partial charge in [-0.1, -0.05) is 30.3 Å². The summed E-state index contributed by atoms with van der Waals surface area (Å²) in [5.41, 5.74) is 0.996. The number of furan rings is 1. The third kappa shape index (κ3) is 4.01. The Bertz CT molecular complexity index is 773. The normalized spacial score (nSPS) is 10.8. The first-order valence-electron chi connectivity index (χ1n) is 8.00. The smallest absolute Gasteiger partial charge is 0.185 e. The number of carbonyl (C=O) groups is 1. The Kier molecular flexibility index (Phi) is 5.09. The molecule has 0 N–H and O–H groups in total. The van der Waals surface area contributed by atoms with Crippen molar-refractivity contribution in [2.75, 3.05) is 6.61 Å². The Balaban J connectivity index is 1.40. The quantitative estimate of drug-likeness (QED) is 0.432. The molecule has 23 heavy (non-hydrogen) atoms. The summed E-state index contributed by atoms with van der Waals surface area (Å²) < 4.78 is 10.9. The maximum absolute atomic E-state index is 10.8. The first kappa shape index (κ1) is 15.3. The highest BCUT2D eigenvalue weighted by Gasteiger charge is 2.04. The van der Waals surface area contributed by atoms with Gasteiger partial charge in [-0.3, -0.25) is 4.79 Å². The van der Waals surface area contributed by atoms with Crippen molar-refractivity contribution in [2.24, 2.45) is 0 Å². The van der Waals surface area contributed by atoms with Gasteiger partial charge < -0.3 is 9.15 Å². The van der Waals surface area contributed by atoms with Crippen LogP contribution in [0.3, 0.4) is 0 Å². The number of carbonyl (C=O) groups excluding carboxylic acids is 1. The summed E-state index contributed by atoms with van der Waals surface area (Å²) in [5.74, 6) is 1.37. The maximum atomic E-state index is 10.8. The minimum atomic E-state index is 0.456. The van der Waals surface area contributed by atoms with Gasteiger partial charge in [-0.05, 0) is 54.7 Å². The fourth-order valence-electron chi connectivity index (χ4n) is 2.70. The van der Waals surface area contributed by atoms with Crippen LogP contribution in [0.1, 0.15) is 35.4 Å². The molecule has 0 aliphatic rings. The predicted molar refractivity (Wildman–Crippen MR) is 91.1 cm³/mol. The molecule has 3 rings (SSSR count). The third-order valence-corrected chi connectivity index (χ3v) is 3.97. The molecule has 1 heterocycles. The minimum Gasteiger partial charge on any atom is -0.494 e. The van der Waals surface area contributed by atoms with Crippen molar-refractivity contribution in [1.82, 2.24) is 0 Å². The highest BCUT2D eigenvalue weighted by Crippen LogP contribution is 2.21. The van der Waals surface area contributed by atoms with Crippen molar-refractivity contribution in [3.05, 3.63) is 66.1 Å². The van der Waals surface area contributed by atoms with E-state index in [4.69, 9.17) is 9.15 Å². The van der Waals surface area contributed by atoms with Crippen LogP contribution in [0.5, 0.6) is 5.75 Å². The molecule has 0 radical (unpaired) electrons. The third-order valence-electron chi connectivity index (χ3n) is 3.97. The molecule has 0 spiro atoms. The number of aryl methyl sites for hydroxylation is 1. The molecule has 1 aromatic heterocycles. The number of rotatable bonds is 8. The fraction of sp³-hybridized carbons (Fsp3) is 0.250. The number of hydrogen-bond donors (Lipinski definition) is 0. The van der Waals surface area contributed by atoms with Gasteiger partial charge in [0.15, 0.2) is 12.0 Å². The van der Waals surface area contributed by atoms with Gasteiger partial charge in [0.2, 0.25) is 0 Å². The lowest BCUT2D eigenvalue weighted by molar-refractivity contribution is 0.109. The molecule has 3 aromatic rings. The topological polar surface area (TPSA) is 39.4 Å². The monoisotopic (exact) mass is 308 g/mol. The van der Waals surface area contributed by atoms with E-state index in [-0.39, 0.29) is 0 Å². The zero-order valence-electron chi connectivity index (χ0n) is 13.0. The van der Waals surface area contributed by atoms with Gasteiger partial charge in [0.1, 0.15) is 5.75 Å². The molecule has 2 aromatic carbocycles. The summed E-state index contributed by atoms with van der Waals surface area (Å²) in [6.07, 6.45) is 6.32. The number of fused-ring (bicyclic) bond motifs is 1. The SMILES string of the molecule is O=Cc1occc1CCCCCOc1ccc2ccccc2c1. The lowest BCUT2D eigenvalue weighted by Gasteiger charge is -2.07. The van der Waals surface area contributed by atoms with Gasteiger partial charge in [0.05, 0.1) is 12.9 Å². The summed E-state index contributed by atoms with van der Waals surface area (Å²) in [7, 11) is 0. The van der Waals surface area contributed by atoms with E-state index in [9.17, 15) is 4.79 Å². The molecule has 0 aliphatic carbocycles. The summed E-state index contributed by atoms with van der Waals surface area (Å²) in [4.78, 5) is 10.8. The molecule has 0 atom stereocenters. The van der Waals surface area contributed by atoms with Gasteiger partial charge in [0.25, 0.3) is 0 Å². The molecule has 0 amide bonds. The predicted octanol–water partition coefficient (Wildman–Crippen LogP) is 5.04. The zero-order chi connectivity index (χ0) is 15.9. The second-order valence-electron chi connectivity index (χ2n) is 5.60. The van der Waals surface area contributed by atoms with E-state index in [0.29, 0.717) is 12.4 Å². The van der Waals surface area contributed by atoms with E-state index >= 15 is 0 Å². The second-order valence-corrected chi connectivity index (χ2v) is 5.60. The van der Waals surface area contributed by atoms with E-state index in [1.165, 1.54) is 10.8 Å². The molecule has 3 nitrogen and oxygen atoms in total. The van der Waals surface area contributed by atoms with Crippen molar-refractivity contribution < 1.29 is 13.9 Å². The Morgan fingerprint density at radius 2 is 1.83 bits per heavy atom. The maximum Gasteiger partial charge on any atom is 0.185 e. The van der Waals surface area contributed by atoms with Gasteiger partial charge >= 0.3 is 0 Å². The summed E-state index contributed by atoms with van der Waals surface area (Å²) in [6, 6.07) is 16.3. The molecular formula is C20H20O3. The van der Waals surface area contributed by atoms with Crippen LogP contribution in [-0.4, -0.2) is 12.9 Å². The van der Waals surface area contributed by atoms with Crippen LogP contribution in [0.15, 0.2) is 59.2 Å². The Morgan fingerprint density at radius 3 is 2.70 bits per heavy atom. The highest BCUT2D eigenvalue weighted by molar-refractivity contribution is 5.83. The van der Waals surface area contributed by atoms with Crippen LogP contribution in [0, 0.1) is 0 Å². The summed E-state index contributed by atoms with van der Waals surface area (Å²) in [6.45, 7) is 0.713. The molecular weight excluding hydrogens is 288 g/mol. The molecule has 0 fully saturated rings. The highest BCUT2D eigenvalue weighted by atomic mass is 16.5. The van der Waals surface area contributed by atoms with Crippen molar-refractivity contribution in [3.63, 3.8) is 0 Å². The van der Waals surface area contributed by atoms with Gasteiger partial charge in [-0.15, -0.1) is 0 Å². The fourth-order valence-corrected chi connectivity index (χ4v) is 2.70. The van der Waals surface area contributed by atoms with Crippen LogP contribution in [-0.2, 0) is 6.42 Å². The van der Waals surface area contributed by atoms with E-state index in [0.717, 1.165) is 43.3 Å². The Morgan fingerprint density at radius 1 is 0.957 bits per heavy atom. The largest absolute Gasteiger partial charge is 0.494 e. The van der Waals surface area contributed by atoms with Crippen molar-refractivity contribution >= 4 is 17.1 Å². The van der Waals surface area contributed by atoms with Gasteiger partial charge in [0, 0.05) is 5.56 Å². The van der Waals surface area contributed by atoms with Crippen molar-refractivity contribution in [2.45, 2.75) is 25.7 Å².